The summed E-state index contributed by atoms with van der Waals surface area (Å²) in [7, 11) is 0. The Balaban J connectivity index is 1.93. The number of nitrogens with zero attached hydrogens (tertiary/aromatic N) is 2. The molecule has 1 aromatic rings. The minimum absolute atomic E-state index is 0.451. The zero-order valence-electron chi connectivity index (χ0n) is 9.85. The molecular formula is C11H19N3OS. The van der Waals surface area contributed by atoms with Gasteiger partial charge in [-0.15, -0.1) is 0 Å². The topological polar surface area (TPSA) is 55.3 Å². The highest BCUT2D eigenvalue weighted by molar-refractivity contribution is 8.00. The SMILES string of the molecule is CC1CN(Cc2cc(CN)no2)CC(C)S1. The van der Waals surface area contributed by atoms with Crippen LogP contribution in [0.5, 0.6) is 0 Å². The summed E-state index contributed by atoms with van der Waals surface area (Å²) in [5.41, 5.74) is 6.34. The average Bonchev–Trinajstić information content (AvgIpc) is 2.64. The Kier molecular flexibility index (Phi) is 3.89. The first-order valence-electron chi connectivity index (χ1n) is 5.69. The molecule has 2 heterocycles. The highest BCUT2D eigenvalue weighted by atomic mass is 32.2. The third-order valence-electron chi connectivity index (χ3n) is 2.69. The maximum absolute atomic E-state index is 5.50. The van der Waals surface area contributed by atoms with Crippen molar-refractivity contribution < 1.29 is 4.52 Å². The quantitative estimate of drug-likeness (QED) is 0.868. The van der Waals surface area contributed by atoms with Crippen LogP contribution in [0.2, 0.25) is 0 Å². The lowest BCUT2D eigenvalue weighted by atomic mass is 10.3. The number of thioether (sulfide) groups is 1. The van der Waals surface area contributed by atoms with Crippen LogP contribution in [0.25, 0.3) is 0 Å². The molecule has 4 nitrogen and oxygen atoms in total. The number of nitrogens with two attached hydrogens (primary N) is 1. The number of hydrogen-bond donors (Lipinski definition) is 1. The van der Waals surface area contributed by atoms with Crippen molar-refractivity contribution in [2.24, 2.45) is 5.73 Å². The van der Waals surface area contributed by atoms with Crippen molar-refractivity contribution in [1.29, 1.82) is 0 Å². The molecule has 0 spiro atoms. The predicted molar refractivity (Wildman–Crippen MR) is 66.2 cm³/mol. The maximum atomic E-state index is 5.50. The lowest BCUT2D eigenvalue weighted by molar-refractivity contribution is 0.228. The monoisotopic (exact) mass is 241 g/mol. The van der Waals surface area contributed by atoms with Crippen LogP contribution in [-0.4, -0.2) is 33.6 Å². The first-order valence-corrected chi connectivity index (χ1v) is 6.64. The summed E-state index contributed by atoms with van der Waals surface area (Å²) in [5, 5.41) is 5.30. The van der Waals surface area contributed by atoms with E-state index in [0.717, 1.165) is 31.1 Å². The molecule has 0 bridgehead atoms. The second-order valence-corrected chi connectivity index (χ2v) is 6.32. The van der Waals surface area contributed by atoms with Crippen LogP contribution in [0.15, 0.2) is 10.6 Å². The van der Waals surface area contributed by atoms with Gasteiger partial charge in [0, 0.05) is 36.2 Å². The van der Waals surface area contributed by atoms with Crippen molar-refractivity contribution in [3.05, 3.63) is 17.5 Å². The van der Waals surface area contributed by atoms with Gasteiger partial charge in [0.25, 0.3) is 0 Å². The van der Waals surface area contributed by atoms with Crippen molar-refractivity contribution >= 4 is 11.8 Å². The van der Waals surface area contributed by atoms with Crippen molar-refractivity contribution in [1.82, 2.24) is 10.1 Å². The van der Waals surface area contributed by atoms with Gasteiger partial charge in [-0.25, -0.2) is 0 Å². The summed E-state index contributed by atoms with van der Waals surface area (Å²) in [4.78, 5) is 2.42. The molecule has 0 aliphatic carbocycles. The summed E-state index contributed by atoms with van der Waals surface area (Å²) in [6, 6.07) is 1.96. The van der Waals surface area contributed by atoms with E-state index in [2.05, 4.69) is 35.7 Å². The molecule has 1 aliphatic heterocycles. The molecular weight excluding hydrogens is 222 g/mol. The molecule has 2 unspecified atom stereocenters. The highest BCUT2D eigenvalue weighted by Crippen LogP contribution is 2.25. The molecule has 1 aliphatic rings. The van der Waals surface area contributed by atoms with Gasteiger partial charge in [0.1, 0.15) is 0 Å². The Hall–Kier alpha value is -0.520. The van der Waals surface area contributed by atoms with Gasteiger partial charge in [0.05, 0.1) is 12.2 Å². The molecule has 1 fully saturated rings. The Labute approximate surface area is 101 Å². The summed E-state index contributed by atoms with van der Waals surface area (Å²) in [6.45, 7) is 8.09. The van der Waals surface area contributed by atoms with Gasteiger partial charge in [-0.2, -0.15) is 11.8 Å². The lowest BCUT2D eigenvalue weighted by Crippen LogP contribution is -2.39. The fourth-order valence-electron chi connectivity index (χ4n) is 2.16. The van der Waals surface area contributed by atoms with Crippen LogP contribution in [0.1, 0.15) is 25.3 Å². The summed E-state index contributed by atoms with van der Waals surface area (Å²) in [5.74, 6) is 0.923. The van der Waals surface area contributed by atoms with E-state index in [4.69, 9.17) is 10.3 Å². The van der Waals surface area contributed by atoms with E-state index in [0.29, 0.717) is 17.0 Å². The van der Waals surface area contributed by atoms with Gasteiger partial charge in [-0.1, -0.05) is 19.0 Å². The van der Waals surface area contributed by atoms with E-state index in [1.807, 2.05) is 6.07 Å². The number of rotatable bonds is 3. The third kappa shape index (κ3) is 2.99. The van der Waals surface area contributed by atoms with Gasteiger partial charge in [-0.05, 0) is 0 Å². The second kappa shape index (κ2) is 5.21. The van der Waals surface area contributed by atoms with Crippen molar-refractivity contribution in [3.8, 4) is 0 Å². The van der Waals surface area contributed by atoms with Crippen LogP contribution in [-0.2, 0) is 13.1 Å². The molecule has 0 amide bonds. The van der Waals surface area contributed by atoms with Gasteiger partial charge >= 0.3 is 0 Å². The van der Waals surface area contributed by atoms with E-state index >= 15 is 0 Å². The predicted octanol–water partition coefficient (Wildman–Crippen LogP) is 1.46. The summed E-state index contributed by atoms with van der Waals surface area (Å²) in [6.07, 6.45) is 0. The van der Waals surface area contributed by atoms with Crippen molar-refractivity contribution in [2.75, 3.05) is 13.1 Å². The highest BCUT2D eigenvalue weighted by Gasteiger charge is 2.23. The Morgan fingerprint density at radius 3 is 2.75 bits per heavy atom. The van der Waals surface area contributed by atoms with Crippen LogP contribution in [0.3, 0.4) is 0 Å². The van der Waals surface area contributed by atoms with E-state index in [9.17, 15) is 0 Å². The fourth-order valence-corrected chi connectivity index (χ4v) is 3.55. The van der Waals surface area contributed by atoms with Crippen molar-refractivity contribution in [2.45, 2.75) is 37.4 Å². The summed E-state index contributed by atoms with van der Waals surface area (Å²) >= 11 is 2.06. The van der Waals surface area contributed by atoms with Crippen LogP contribution in [0, 0.1) is 0 Å². The first-order chi connectivity index (χ1) is 7.67. The minimum atomic E-state index is 0.451. The molecule has 90 valence electrons. The standard InChI is InChI=1S/C11H19N3OS/c1-8-5-14(6-9(2)16-8)7-11-3-10(4-12)13-15-11/h3,8-9H,4-7,12H2,1-2H3. The van der Waals surface area contributed by atoms with E-state index in [-0.39, 0.29) is 0 Å². The van der Waals surface area contributed by atoms with Crippen LogP contribution < -0.4 is 5.73 Å². The molecule has 16 heavy (non-hydrogen) atoms. The van der Waals surface area contributed by atoms with E-state index < -0.39 is 0 Å². The van der Waals surface area contributed by atoms with Crippen LogP contribution >= 0.6 is 11.8 Å². The number of hydrogen-bond acceptors (Lipinski definition) is 5. The second-order valence-electron chi connectivity index (χ2n) is 4.44. The molecule has 2 rings (SSSR count). The average molecular weight is 241 g/mol. The molecule has 2 N–H and O–H groups in total. The molecule has 2 atom stereocenters. The molecule has 1 saturated heterocycles. The summed E-state index contributed by atoms with van der Waals surface area (Å²) < 4.78 is 5.25. The van der Waals surface area contributed by atoms with Gasteiger partial charge < -0.3 is 10.3 Å². The molecule has 1 aromatic heterocycles. The molecule has 0 radical (unpaired) electrons. The normalized spacial score (nSPS) is 27.2. The van der Waals surface area contributed by atoms with Gasteiger partial charge in [-0.3, -0.25) is 4.90 Å². The first kappa shape index (κ1) is 12.0. The minimum Gasteiger partial charge on any atom is -0.360 e. The zero-order valence-corrected chi connectivity index (χ0v) is 10.7. The largest absolute Gasteiger partial charge is 0.360 e. The Bertz CT molecular complexity index is 332. The number of aromatic nitrogens is 1. The van der Waals surface area contributed by atoms with Crippen LogP contribution in [0.4, 0.5) is 0 Å². The molecule has 5 heteroatoms. The fraction of sp³-hybridized carbons (Fsp3) is 0.727. The Morgan fingerprint density at radius 1 is 1.50 bits per heavy atom. The van der Waals surface area contributed by atoms with E-state index in [1.54, 1.807) is 0 Å². The lowest BCUT2D eigenvalue weighted by Gasteiger charge is -2.33. The van der Waals surface area contributed by atoms with Gasteiger partial charge in [0.2, 0.25) is 0 Å². The van der Waals surface area contributed by atoms with Crippen molar-refractivity contribution in [3.63, 3.8) is 0 Å². The van der Waals surface area contributed by atoms with E-state index in [1.165, 1.54) is 0 Å². The smallest absolute Gasteiger partial charge is 0.151 e. The molecule has 0 saturated carbocycles. The maximum Gasteiger partial charge on any atom is 0.151 e. The zero-order chi connectivity index (χ0) is 11.5. The third-order valence-corrected chi connectivity index (χ3v) is 3.92. The molecule has 0 aromatic carbocycles. The van der Waals surface area contributed by atoms with Gasteiger partial charge in [0.15, 0.2) is 5.76 Å². The Morgan fingerprint density at radius 2 is 2.19 bits per heavy atom.